The molecule has 0 aliphatic heterocycles. The maximum atomic E-state index is 3.57. The minimum Gasteiger partial charge on any atom is -1.00 e. The van der Waals surface area contributed by atoms with E-state index < -0.39 is 0 Å². The fourth-order valence-electron chi connectivity index (χ4n) is 0.813. The van der Waals surface area contributed by atoms with Crippen LogP contribution in [0.4, 0.5) is 5.69 Å². The topological polar surface area (TPSA) is 14.0 Å². The minimum atomic E-state index is 0. The molecule has 0 spiro atoms. The molecule has 1 aromatic carbocycles. The normalized spacial score (nSPS) is 10.2. The van der Waals surface area contributed by atoms with Crippen LogP contribution in [0.2, 0.25) is 0 Å². The van der Waals surface area contributed by atoms with Crippen LogP contribution in [0.3, 0.4) is 0 Å². The molecule has 0 unspecified atom stereocenters. The molecule has 0 atom stereocenters. The van der Waals surface area contributed by atoms with Gasteiger partial charge < -0.3 is 12.4 Å². The van der Waals surface area contributed by atoms with Gasteiger partial charge in [-0.2, -0.15) is 0 Å². The molecule has 1 aromatic rings. The number of halogens is 1. The molecule has 0 amide bonds. The van der Waals surface area contributed by atoms with Crippen molar-refractivity contribution in [1.29, 1.82) is 0 Å². The van der Waals surface area contributed by atoms with Crippen molar-refractivity contribution in [2.45, 2.75) is 0 Å². The van der Waals surface area contributed by atoms with Gasteiger partial charge in [-0.3, -0.25) is 0 Å². The van der Waals surface area contributed by atoms with Crippen molar-refractivity contribution < 1.29 is 17.4 Å². The second-order valence-electron chi connectivity index (χ2n) is 2.30. The fourth-order valence-corrected chi connectivity index (χ4v) is 0.813. The zero-order valence-electron chi connectivity index (χ0n) is 7.28. The highest BCUT2D eigenvalue weighted by molar-refractivity contribution is 5.66. The van der Waals surface area contributed by atoms with Crippen LogP contribution in [0.15, 0.2) is 55.1 Å². The number of hydrogen-bond acceptors (Lipinski definition) is 0. The summed E-state index contributed by atoms with van der Waals surface area (Å²) in [5.41, 5.74) is 1.09. The van der Waals surface area contributed by atoms with Gasteiger partial charge in [0.2, 0.25) is 5.69 Å². The summed E-state index contributed by atoms with van der Waals surface area (Å²) in [7, 11) is 0. The molecule has 1 rings (SSSR count). The van der Waals surface area contributed by atoms with E-state index in [4.69, 9.17) is 0 Å². The van der Waals surface area contributed by atoms with Gasteiger partial charge in [-0.15, -0.1) is 0 Å². The number of benzene rings is 1. The van der Waals surface area contributed by atoms with E-state index in [0.717, 1.165) is 5.69 Å². The maximum Gasteiger partial charge on any atom is 0.203 e. The Bertz CT molecular complexity index is 288. The van der Waals surface area contributed by atoms with Crippen LogP contribution in [0.5, 0.6) is 0 Å². The molecule has 0 bridgehead atoms. The average Bonchev–Trinajstić information content (AvgIpc) is 2.14. The van der Waals surface area contributed by atoms with E-state index in [1.54, 1.807) is 6.08 Å². The Balaban J connectivity index is 0.00000144. The first-order chi connectivity index (χ1) is 5.93. The highest BCUT2D eigenvalue weighted by Gasteiger charge is 1.86. The molecular weight excluding hydrogens is 182 g/mol. The van der Waals surface area contributed by atoms with Crippen molar-refractivity contribution in [2.24, 2.45) is 0 Å². The Morgan fingerprint density at radius 1 is 1.08 bits per heavy atom. The second-order valence-corrected chi connectivity index (χ2v) is 2.30. The molecular formula is C11H12ClN. The molecule has 2 heteroatoms. The number of hydrogen-bond donors (Lipinski definition) is 1. The Labute approximate surface area is 84.9 Å². The molecule has 13 heavy (non-hydrogen) atoms. The first-order valence-corrected chi connectivity index (χ1v) is 3.86. The highest BCUT2D eigenvalue weighted by Crippen LogP contribution is 1.94. The van der Waals surface area contributed by atoms with Crippen LogP contribution in [0, 0.1) is 0 Å². The number of allylic oxidation sites excluding steroid dienone is 3. The summed E-state index contributed by atoms with van der Waals surface area (Å²) in [6, 6.07) is 10.0. The van der Waals surface area contributed by atoms with Gasteiger partial charge in [0.15, 0.2) is 6.21 Å². The molecule has 0 radical (unpaired) electrons. The van der Waals surface area contributed by atoms with Gasteiger partial charge in [0, 0.05) is 18.2 Å². The molecule has 0 saturated heterocycles. The van der Waals surface area contributed by atoms with E-state index in [0.29, 0.717) is 0 Å². The largest absolute Gasteiger partial charge is 1.00 e. The van der Waals surface area contributed by atoms with Gasteiger partial charge in [-0.1, -0.05) is 36.9 Å². The molecule has 0 aromatic heterocycles. The van der Waals surface area contributed by atoms with E-state index in [-0.39, 0.29) is 12.4 Å². The van der Waals surface area contributed by atoms with E-state index in [1.165, 1.54) is 0 Å². The van der Waals surface area contributed by atoms with Crippen LogP contribution in [0.25, 0.3) is 0 Å². The van der Waals surface area contributed by atoms with E-state index in [2.05, 4.69) is 11.6 Å². The molecule has 0 aliphatic rings. The zero-order chi connectivity index (χ0) is 8.65. The first kappa shape index (κ1) is 11.7. The molecule has 0 aliphatic carbocycles. The van der Waals surface area contributed by atoms with Gasteiger partial charge in [-0.25, -0.2) is 4.99 Å². The third-order valence-corrected chi connectivity index (χ3v) is 1.37. The summed E-state index contributed by atoms with van der Waals surface area (Å²) in [6.45, 7) is 3.57. The van der Waals surface area contributed by atoms with Crippen molar-refractivity contribution in [3.05, 3.63) is 55.1 Å². The minimum absolute atomic E-state index is 0. The summed E-state index contributed by atoms with van der Waals surface area (Å²) >= 11 is 0. The summed E-state index contributed by atoms with van der Waals surface area (Å²) in [5, 5.41) is 0. The highest BCUT2D eigenvalue weighted by atomic mass is 35.5. The molecule has 1 nitrogen and oxygen atoms in total. The average molecular weight is 194 g/mol. The molecule has 0 saturated carbocycles. The van der Waals surface area contributed by atoms with Crippen LogP contribution in [-0.2, 0) is 0 Å². The lowest BCUT2D eigenvalue weighted by Gasteiger charge is -1.81. The molecule has 1 N–H and O–H groups in total. The van der Waals surface area contributed by atoms with Gasteiger partial charge in [0.25, 0.3) is 0 Å². The van der Waals surface area contributed by atoms with E-state index in [1.807, 2.05) is 48.7 Å². The number of para-hydroxylation sites is 1. The first-order valence-electron chi connectivity index (χ1n) is 3.86. The lowest BCUT2D eigenvalue weighted by molar-refractivity contribution is -0.346. The predicted octanol–water partition coefficient (Wildman–Crippen LogP) is -1.78. The summed E-state index contributed by atoms with van der Waals surface area (Å²) in [4.78, 5) is 3.12. The third kappa shape index (κ3) is 4.99. The Kier molecular flexibility index (Phi) is 6.56. The van der Waals surface area contributed by atoms with Crippen molar-refractivity contribution in [3.63, 3.8) is 0 Å². The number of nitrogens with one attached hydrogen (secondary N) is 1. The fraction of sp³-hybridized carbons (Fsp3) is 0. The Hall–Kier alpha value is -1.34. The third-order valence-electron chi connectivity index (χ3n) is 1.37. The SMILES string of the molecule is C=CC=CC=[NH+]c1ccccc1.[Cl-]. The molecule has 0 fully saturated rings. The van der Waals surface area contributed by atoms with Gasteiger partial charge in [0.05, 0.1) is 0 Å². The second kappa shape index (κ2) is 7.32. The van der Waals surface area contributed by atoms with Crippen molar-refractivity contribution in [3.8, 4) is 0 Å². The summed E-state index contributed by atoms with van der Waals surface area (Å²) < 4.78 is 0. The van der Waals surface area contributed by atoms with E-state index >= 15 is 0 Å². The van der Waals surface area contributed by atoms with Crippen molar-refractivity contribution in [2.75, 3.05) is 0 Å². The van der Waals surface area contributed by atoms with Gasteiger partial charge >= 0.3 is 0 Å². The van der Waals surface area contributed by atoms with Crippen LogP contribution < -0.4 is 17.4 Å². The lowest BCUT2D eigenvalue weighted by Crippen LogP contribution is -3.00. The zero-order valence-corrected chi connectivity index (χ0v) is 8.04. The van der Waals surface area contributed by atoms with Gasteiger partial charge in [0.1, 0.15) is 0 Å². The van der Waals surface area contributed by atoms with Crippen LogP contribution in [-0.4, -0.2) is 6.21 Å². The predicted molar refractivity (Wildman–Crippen MR) is 52.5 cm³/mol. The Morgan fingerprint density at radius 3 is 2.38 bits per heavy atom. The van der Waals surface area contributed by atoms with Crippen LogP contribution >= 0.6 is 0 Å². The van der Waals surface area contributed by atoms with Crippen molar-refractivity contribution >= 4 is 11.9 Å². The van der Waals surface area contributed by atoms with Crippen LogP contribution in [0.1, 0.15) is 0 Å². The smallest absolute Gasteiger partial charge is 0.203 e. The van der Waals surface area contributed by atoms with Crippen molar-refractivity contribution in [1.82, 2.24) is 0 Å². The summed E-state index contributed by atoms with van der Waals surface area (Å²) in [5.74, 6) is 0. The summed E-state index contributed by atoms with van der Waals surface area (Å²) in [6.07, 6.45) is 7.39. The quantitative estimate of drug-likeness (QED) is 0.431. The molecule has 0 heterocycles. The lowest BCUT2D eigenvalue weighted by atomic mass is 10.3. The number of rotatable bonds is 3. The van der Waals surface area contributed by atoms with E-state index in [9.17, 15) is 0 Å². The standard InChI is InChI=1S/C11H11N.ClH/c1-2-3-7-10-12-11-8-5-4-6-9-11;/h2-10H,1H2;1H. The van der Waals surface area contributed by atoms with Gasteiger partial charge in [-0.05, 0) is 0 Å². The molecule has 68 valence electrons. The maximum absolute atomic E-state index is 3.57. The monoisotopic (exact) mass is 193 g/mol. The Morgan fingerprint density at radius 2 is 1.77 bits per heavy atom.